The maximum atomic E-state index is 7.13. The molecule has 14 rings (SSSR count). The van der Waals surface area contributed by atoms with Gasteiger partial charge in [-0.3, -0.25) is 0 Å². The van der Waals surface area contributed by atoms with Crippen molar-refractivity contribution in [2.45, 2.75) is 130 Å². The van der Waals surface area contributed by atoms with Gasteiger partial charge in [0.2, 0.25) is 5.66 Å². The van der Waals surface area contributed by atoms with E-state index in [2.05, 4.69) is 209 Å². The zero-order chi connectivity index (χ0) is 48.3. The number of allylic oxidation sites excluding steroid dienone is 2. The Hall–Kier alpha value is -6.65. The highest BCUT2D eigenvalue weighted by Crippen LogP contribution is 2.63. The molecule has 354 valence electrons. The predicted molar refractivity (Wildman–Crippen MR) is 291 cm³/mol. The van der Waals surface area contributed by atoms with E-state index in [0.717, 1.165) is 11.5 Å². The Kier molecular flexibility index (Phi) is 9.23. The molecule has 6 heterocycles. The zero-order valence-corrected chi connectivity index (χ0v) is 42.9. The molecule has 0 amide bonds. The number of aromatic nitrogens is 2. The fourth-order valence-corrected chi connectivity index (χ4v) is 14.3. The van der Waals surface area contributed by atoms with Gasteiger partial charge in [0.15, 0.2) is 5.52 Å². The minimum absolute atomic E-state index is 0.00281. The molecule has 0 saturated heterocycles. The van der Waals surface area contributed by atoms with Crippen molar-refractivity contribution in [3.8, 4) is 39.6 Å². The van der Waals surface area contributed by atoms with Gasteiger partial charge in [0.25, 0.3) is 5.82 Å². The lowest BCUT2D eigenvalue weighted by Gasteiger charge is -2.45. The quantitative estimate of drug-likeness (QED) is 0.160. The van der Waals surface area contributed by atoms with Crippen molar-refractivity contribution in [1.29, 1.82) is 0 Å². The van der Waals surface area contributed by atoms with Crippen molar-refractivity contribution in [2.24, 2.45) is 10.8 Å². The lowest BCUT2D eigenvalue weighted by molar-refractivity contribution is -0.760. The molecule has 2 unspecified atom stereocenters. The monoisotopic (exact) mass is 929 g/mol. The van der Waals surface area contributed by atoms with Crippen molar-refractivity contribution < 1.29 is 9.30 Å². The van der Waals surface area contributed by atoms with Gasteiger partial charge in [0, 0.05) is 23.0 Å². The van der Waals surface area contributed by atoms with Crippen molar-refractivity contribution in [3.63, 3.8) is 0 Å². The van der Waals surface area contributed by atoms with Crippen LogP contribution >= 0.6 is 0 Å². The number of pyridine rings is 1. The third-order valence-electron chi connectivity index (χ3n) is 18.7. The summed E-state index contributed by atoms with van der Waals surface area (Å²) < 4.78 is 12.3. The number of hydrogen-bond donors (Lipinski definition) is 0. The third kappa shape index (κ3) is 6.31. The van der Waals surface area contributed by atoms with Crippen LogP contribution in [0.2, 0.25) is 0 Å². The van der Waals surface area contributed by atoms with E-state index in [0.29, 0.717) is 22.7 Å². The molecule has 4 aliphatic heterocycles. The molecular formula is C67H66N3O+. The second-order valence-corrected chi connectivity index (χ2v) is 24.2. The topological polar surface area (TPSA) is 21.3 Å². The number of ether oxygens (including phenoxy) is 1. The van der Waals surface area contributed by atoms with Crippen LogP contribution in [-0.2, 0) is 5.66 Å². The normalized spacial score (nSPS) is 21.6. The first-order valence-electron chi connectivity index (χ1n) is 26.7. The molecule has 1 spiro atoms. The summed E-state index contributed by atoms with van der Waals surface area (Å²) in [7, 11) is 0. The average Bonchev–Trinajstić information content (AvgIpc) is 3.85. The number of fused-ring (bicyclic) bond motifs is 7. The van der Waals surface area contributed by atoms with Crippen molar-refractivity contribution >= 4 is 27.4 Å². The SMILES string of the molecule is CC1=CN2C(C=C1c1ccc(C3CCC(C)(C)CC3)cc1C)c1cccc3c1C21c2c(ccc4c5cc(-c6ccc(-c7ccc(C8CCC(C)(C)CC8)cc7)cc6)ccc5n(c24)-c2cc(C)c(C)c[n+]21)O3. The molecule has 0 bridgehead atoms. The summed E-state index contributed by atoms with van der Waals surface area (Å²) in [4.78, 5) is 2.69. The van der Waals surface area contributed by atoms with Gasteiger partial charge in [0.1, 0.15) is 22.6 Å². The first kappa shape index (κ1) is 43.2. The summed E-state index contributed by atoms with van der Waals surface area (Å²) in [5.41, 5.74) is 22.4. The number of nitrogens with zero attached hydrogens (tertiary/aromatic N) is 3. The highest BCUT2D eigenvalue weighted by molar-refractivity contribution is 6.12. The summed E-state index contributed by atoms with van der Waals surface area (Å²) in [5, 5.41) is 2.51. The van der Waals surface area contributed by atoms with Crippen LogP contribution in [0.25, 0.3) is 55.5 Å². The molecule has 2 saturated carbocycles. The Morgan fingerprint density at radius 3 is 1.87 bits per heavy atom. The van der Waals surface area contributed by atoms with Crippen LogP contribution in [0.4, 0.5) is 0 Å². The van der Waals surface area contributed by atoms with E-state index in [1.807, 2.05) is 0 Å². The molecule has 0 radical (unpaired) electrons. The molecule has 71 heavy (non-hydrogen) atoms. The Morgan fingerprint density at radius 2 is 1.18 bits per heavy atom. The predicted octanol–water partition coefficient (Wildman–Crippen LogP) is 17.2. The van der Waals surface area contributed by atoms with Gasteiger partial charge < -0.3 is 9.64 Å². The lowest BCUT2D eigenvalue weighted by atomic mass is 9.71. The Bertz CT molecular complexity index is 3620. The van der Waals surface area contributed by atoms with Crippen LogP contribution in [0.1, 0.15) is 154 Å². The minimum atomic E-state index is -0.678. The number of rotatable bonds is 5. The molecule has 6 aliphatic rings. The van der Waals surface area contributed by atoms with Crippen LogP contribution in [0.15, 0.2) is 145 Å². The summed E-state index contributed by atoms with van der Waals surface area (Å²) >= 11 is 0. The number of benzene rings is 6. The van der Waals surface area contributed by atoms with E-state index in [-0.39, 0.29) is 6.04 Å². The molecule has 2 aromatic heterocycles. The number of aryl methyl sites for hydroxylation is 3. The van der Waals surface area contributed by atoms with Gasteiger partial charge in [-0.05, 0) is 210 Å². The highest BCUT2D eigenvalue weighted by atomic mass is 16.5. The standard InChI is InChI=1S/C67H66N3O/c1-40-35-61-69(38-42(40)3)67-62-54(58-37-55(43(4)39-68(58)67)52-22-20-50(34-41(52)2)49-28-32-66(7,8)33-29-49)10-9-11-59(62)71-60-25-23-53-56-36-51(21-24-57(56)70(61)64(53)63(60)67)47-18-16-45(17-19-47)44-12-14-46(15-13-44)48-26-30-65(5,6)31-27-48/h9-25,34-39,48-49,58H,26-33H2,1-8H3/q+1. The average molecular weight is 929 g/mol. The molecule has 2 aliphatic carbocycles. The smallest absolute Gasteiger partial charge is 0.289 e. The maximum Gasteiger partial charge on any atom is 0.289 e. The second kappa shape index (κ2) is 15.2. The second-order valence-electron chi connectivity index (χ2n) is 24.2. The molecule has 0 N–H and O–H groups in total. The van der Waals surface area contributed by atoms with E-state index in [9.17, 15) is 0 Å². The van der Waals surface area contributed by atoms with E-state index in [1.165, 1.54) is 162 Å². The molecule has 4 nitrogen and oxygen atoms in total. The summed E-state index contributed by atoms with van der Waals surface area (Å²) in [6.45, 7) is 18.9. The first-order valence-corrected chi connectivity index (χ1v) is 26.7. The van der Waals surface area contributed by atoms with E-state index in [1.54, 1.807) is 0 Å². The Balaban J connectivity index is 0.876. The fourth-order valence-electron chi connectivity index (χ4n) is 14.3. The molecule has 2 atom stereocenters. The maximum absolute atomic E-state index is 7.13. The van der Waals surface area contributed by atoms with E-state index < -0.39 is 5.66 Å². The molecular weight excluding hydrogens is 863 g/mol. The van der Waals surface area contributed by atoms with Gasteiger partial charge in [-0.15, -0.1) is 0 Å². The zero-order valence-electron chi connectivity index (χ0n) is 42.9. The largest absolute Gasteiger partial charge is 0.456 e. The van der Waals surface area contributed by atoms with Crippen LogP contribution in [0.3, 0.4) is 0 Å². The van der Waals surface area contributed by atoms with Crippen molar-refractivity contribution in [2.75, 3.05) is 0 Å². The molecule has 2 fully saturated rings. The van der Waals surface area contributed by atoms with Crippen LogP contribution in [0.5, 0.6) is 11.5 Å². The third-order valence-corrected chi connectivity index (χ3v) is 18.7. The Morgan fingerprint density at radius 1 is 0.563 bits per heavy atom. The molecule has 8 aromatic rings. The van der Waals surface area contributed by atoms with E-state index >= 15 is 0 Å². The van der Waals surface area contributed by atoms with Crippen LogP contribution in [-0.4, -0.2) is 9.47 Å². The van der Waals surface area contributed by atoms with Crippen LogP contribution in [0, 0.1) is 31.6 Å². The van der Waals surface area contributed by atoms with Crippen LogP contribution < -0.4 is 9.30 Å². The van der Waals surface area contributed by atoms with Crippen molar-refractivity contribution in [1.82, 2.24) is 9.47 Å². The van der Waals surface area contributed by atoms with Gasteiger partial charge in [-0.2, -0.15) is 4.57 Å². The summed E-state index contributed by atoms with van der Waals surface area (Å²) in [6.07, 6.45) is 17.9. The van der Waals surface area contributed by atoms with Gasteiger partial charge in [-0.1, -0.05) is 113 Å². The minimum Gasteiger partial charge on any atom is -0.456 e. The van der Waals surface area contributed by atoms with Gasteiger partial charge in [0.05, 0.1) is 17.8 Å². The van der Waals surface area contributed by atoms with Gasteiger partial charge >= 0.3 is 0 Å². The highest BCUT2D eigenvalue weighted by Gasteiger charge is 2.64. The summed E-state index contributed by atoms with van der Waals surface area (Å²) in [5.74, 6) is 4.38. The fraction of sp³-hybridized carbons (Fsp3) is 0.328. The molecule has 4 heteroatoms. The van der Waals surface area contributed by atoms with Gasteiger partial charge in [-0.25, -0.2) is 4.57 Å². The Labute approximate surface area is 420 Å². The molecule has 6 aromatic carbocycles. The van der Waals surface area contributed by atoms with Crippen molar-refractivity contribution in [3.05, 3.63) is 195 Å². The lowest BCUT2D eigenvalue weighted by Crippen LogP contribution is -2.68. The number of hydrogen-bond acceptors (Lipinski definition) is 2. The van der Waals surface area contributed by atoms with E-state index in [4.69, 9.17) is 4.74 Å². The first-order chi connectivity index (χ1) is 34.3. The summed E-state index contributed by atoms with van der Waals surface area (Å²) in [6, 6.07) is 46.9.